The monoisotopic (exact) mass is 334 g/mol. The normalized spacial score (nSPS) is 11.3. The fourth-order valence-corrected chi connectivity index (χ4v) is 4.02. The first kappa shape index (κ1) is 16.4. The summed E-state index contributed by atoms with van der Waals surface area (Å²) in [5.41, 5.74) is 6.13. The van der Waals surface area contributed by atoms with Crippen LogP contribution in [0.2, 0.25) is 0 Å². The maximum absolute atomic E-state index is 2.27. The van der Waals surface area contributed by atoms with E-state index >= 15 is 0 Å². The largest absolute Gasteiger partial charge is 0.0704 e. The fourth-order valence-electron chi connectivity index (χ4n) is 4.02. The number of benzene rings is 4. The molecule has 0 bridgehead atoms. The minimum absolute atomic E-state index is 0.338. The predicted octanol–water partition coefficient (Wildman–Crippen LogP) is 6.38. The maximum atomic E-state index is 2.27. The van der Waals surface area contributed by atoms with Crippen molar-refractivity contribution in [2.75, 3.05) is 0 Å². The number of rotatable bonds is 4. The summed E-state index contributed by atoms with van der Waals surface area (Å²) in [5, 5.41) is 0. The molecule has 0 aromatic heterocycles. The van der Waals surface area contributed by atoms with Crippen molar-refractivity contribution < 1.29 is 0 Å². The van der Waals surface area contributed by atoms with Crippen molar-refractivity contribution in [3.05, 3.63) is 143 Å². The van der Waals surface area contributed by atoms with Crippen molar-refractivity contribution in [1.29, 1.82) is 0 Å². The average molecular weight is 334 g/mol. The molecule has 4 aromatic carbocycles. The lowest BCUT2D eigenvalue weighted by Gasteiger charge is -2.37. The third kappa shape index (κ3) is 2.64. The second kappa shape index (κ2) is 7.01. The molecule has 0 heteroatoms. The molecule has 0 fully saturated rings. The molecule has 126 valence electrons. The molecule has 26 heavy (non-hydrogen) atoms. The molecule has 0 amide bonds. The Bertz CT molecular complexity index is 873. The number of aryl methyl sites for hydroxylation is 1. The third-order valence-electron chi connectivity index (χ3n) is 5.17. The van der Waals surface area contributed by atoms with E-state index in [1.54, 1.807) is 0 Å². The van der Waals surface area contributed by atoms with Crippen LogP contribution in [0.4, 0.5) is 0 Å². The van der Waals surface area contributed by atoms with Crippen LogP contribution in [-0.2, 0) is 5.41 Å². The molecule has 0 atom stereocenters. The van der Waals surface area contributed by atoms with Gasteiger partial charge in [-0.25, -0.2) is 0 Å². The molecule has 4 rings (SSSR count). The van der Waals surface area contributed by atoms with Gasteiger partial charge in [-0.3, -0.25) is 0 Å². The van der Waals surface area contributed by atoms with Crippen molar-refractivity contribution in [2.24, 2.45) is 0 Å². The Balaban J connectivity index is 2.17. The van der Waals surface area contributed by atoms with Crippen molar-refractivity contribution >= 4 is 0 Å². The van der Waals surface area contributed by atoms with E-state index in [1.807, 2.05) is 0 Å². The van der Waals surface area contributed by atoms with Crippen molar-refractivity contribution in [1.82, 2.24) is 0 Å². The second-order valence-corrected chi connectivity index (χ2v) is 6.66. The molecule has 0 saturated heterocycles. The first-order chi connectivity index (χ1) is 12.8. The second-order valence-electron chi connectivity index (χ2n) is 6.66. The summed E-state index contributed by atoms with van der Waals surface area (Å²) in [6.45, 7) is 2.21. The molecular formula is C26H22. The van der Waals surface area contributed by atoms with Gasteiger partial charge in [0, 0.05) is 0 Å². The highest BCUT2D eigenvalue weighted by Gasteiger charge is 2.38. The topological polar surface area (TPSA) is 0 Å². The van der Waals surface area contributed by atoms with Gasteiger partial charge in [0.2, 0.25) is 0 Å². The molecule has 0 aliphatic heterocycles. The number of hydrogen-bond donors (Lipinski definition) is 0. The lowest BCUT2D eigenvalue weighted by molar-refractivity contribution is 0.738. The summed E-state index contributed by atoms with van der Waals surface area (Å²) in [4.78, 5) is 0. The Morgan fingerprint density at radius 1 is 0.423 bits per heavy atom. The molecule has 0 nitrogen and oxygen atoms in total. The highest BCUT2D eigenvalue weighted by molar-refractivity contribution is 5.61. The van der Waals surface area contributed by atoms with Gasteiger partial charge in [-0.15, -0.1) is 0 Å². The Morgan fingerprint density at radius 2 is 0.769 bits per heavy atom. The summed E-state index contributed by atoms with van der Waals surface area (Å²) < 4.78 is 0. The van der Waals surface area contributed by atoms with Crippen LogP contribution in [-0.4, -0.2) is 0 Å². The minimum Gasteiger partial charge on any atom is -0.0622 e. The Kier molecular flexibility index (Phi) is 4.41. The number of hydrogen-bond acceptors (Lipinski definition) is 0. The quantitative estimate of drug-likeness (QED) is 0.380. The van der Waals surface area contributed by atoms with Gasteiger partial charge < -0.3 is 0 Å². The van der Waals surface area contributed by atoms with E-state index in [2.05, 4.69) is 122 Å². The van der Waals surface area contributed by atoms with Gasteiger partial charge in [-0.1, -0.05) is 115 Å². The summed E-state index contributed by atoms with van der Waals surface area (Å²) in [6, 6.07) is 41.2. The summed E-state index contributed by atoms with van der Waals surface area (Å²) in [5.74, 6) is 0. The van der Waals surface area contributed by atoms with Gasteiger partial charge in [0.15, 0.2) is 0 Å². The average Bonchev–Trinajstić information content (AvgIpc) is 2.72. The van der Waals surface area contributed by atoms with Gasteiger partial charge in [0.25, 0.3) is 0 Å². The first-order valence-corrected chi connectivity index (χ1v) is 9.06. The molecule has 0 aliphatic carbocycles. The maximum Gasteiger partial charge on any atom is 0.0704 e. The van der Waals surface area contributed by atoms with Gasteiger partial charge >= 0.3 is 0 Å². The van der Waals surface area contributed by atoms with Crippen LogP contribution in [0.3, 0.4) is 0 Å². The summed E-state index contributed by atoms with van der Waals surface area (Å²) >= 11 is 0. The van der Waals surface area contributed by atoms with Crippen molar-refractivity contribution in [3.63, 3.8) is 0 Å². The Morgan fingerprint density at radius 3 is 1.15 bits per heavy atom. The van der Waals surface area contributed by atoms with Crippen LogP contribution in [0, 0.1) is 6.92 Å². The van der Waals surface area contributed by atoms with Crippen molar-refractivity contribution in [2.45, 2.75) is 12.3 Å². The van der Waals surface area contributed by atoms with Gasteiger partial charge in [-0.2, -0.15) is 0 Å². The van der Waals surface area contributed by atoms with E-state index in [1.165, 1.54) is 27.8 Å². The molecule has 0 saturated carbocycles. The van der Waals surface area contributed by atoms with Gasteiger partial charge in [-0.05, 0) is 34.7 Å². The smallest absolute Gasteiger partial charge is 0.0622 e. The fraction of sp³-hybridized carbons (Fsp3) is 0.0769. The van der Waals surface area contributed by atoms with E-state index in [4.69, 9.17) is 0 Å². The highest BCUT2D eigenvalue weighted by Crippen LogP contribution is 2.45. The lowest BCUT2D eigenvalue weighted by Crippen LogP contribution is -2.31. The molecule has 0 heterocycles. The Labute approximate surface area is 155 Å². The van der Waals surface area contributed by atoms with E-state index in [0.29, 0.717) is 0 Å². The molecular weight excluding hydrogens is 312 g/mol. The third-order valence-corrected chi connectivity index (χ3v) is 5.17. The van der Waals surface area contributed by atoms with E-state index in [-0.39, 0.29) is 5.41 Å². The highest BCUT2D eigenvalue weighted by atomic mass is 14.4. The molecule has 0 unspecified atom stereocenters. The standard InChI is InChI=1S/C26H22/c1-21-13-11-12-20-25(21)26(22-14-5-2-6-15-22,23-16-7-3-8-17-23)24-18-9-4-10-19-24/h2-20H,1H3. The Hall–Kier alpha value is -3.12. The van der Waals surface area contributed by atoms with Crippen LogP contribution >= 0.6 is 0 Å². The van der Waals surface area contributed by atoms with Crippen LogP contribution in [0.15, 0.2) is 115 Å². The van der Waals surface area contributed by atoms with Crippen LogP contribution in [0.25, 0.3) is 0 Å². The van der Waals surface area contributed by atoms with Crippen LogP contribution in [0.5, 0.6) is 0 Å². The van der Waals surface area contributed by atoms with Crippen LogP contribution < -0.4 is 0 Å². The summed E-state index contributed by atoms with van der Waals surface area (Å²) in [7, 11) is 0. The zero-order chi connectivity index (χ0) is 17.8. The zero-order valence-corrected chi connectivity index (χ0v) is 15.0. The minimum atomic E-state index is -0.338. The molecule has 0 radical (unpaired) electrons. The predicted molar refractivity (Wildman–Crippen MR) is 109 cm³/mol. The van der Waals surface area contributed by atoms with E-state index < -0.39 is 0 Å². The lowest BCUT2D eigenvalue weighted by atomic mass is 9.64. The van der Waals surface area contributed by atoms with Crippen molar-refractivity contribution in [3.8, 4) is 0 Å². The van der Waals surface area contributed by atoms with Gasteiger partial charge in [0.05, 0.1) is 5.41 Å². The molecule has 0 aliphatic rings. The van der Waals surface area contributed by atoms with E-state index in [0.717, 1.165) is 0 Å². The molecule has 4 aromatic rings. The zero-order valence-electron chi connectivity index (χ0n) is 15.0. The summed E-state index contributed by atoms with van der Waals surface area (Å²) in [6.07, 6.45) is 0. The SMILES string of the molecule is Cc1ccccc1C(c1ccccc1)(c1ccccc1)c1ccccc1. The molecule has 0 spiro atoms. The first-order valence-electron chi connectivity index (χ1n) is 9.06. The van der Waals surface area contributed by atoms with E-state index in [9.17, 15) is 0 Å². The molecule has 0 N–H and O–H groups in total. The van der Waals surface area contributed by atoms with Gasteiger partial charge in [0.1, 0.15) is 0 Å². The van der Waals surface area contributed by atoms with Crippen LogP contribution in [0.1, 0.15) is 27.8 Å².